The minimum atomic E-state index is -4.82. The van der Waals surface area contributed by atoms with E-state index in [1.807, 2.05) is 0 Å². The van der Waals surface area contributed by atoms with Crippen LogP contribution >= 0.6 is 11.6 Å². The van der Waals surface area contributed by atoms with Gasteiger partial charge in [0, 0.05) is 24.7 Å². The third kappa shape index (κ3) is 4.03. The summed E-state index contributed by atoms with van der Waals surface area (Å²) in [6, 6.07) is 1.35. The van der Waals surface area contributed by atoms with Crippen LogP contribution in [0.15, 0.2) is 12.1 Å². The van der Waals surface area contributed by atoms with Crippen LogP contribution in [0.25, 0.3) is 0 Å². The number of carboxylic acids is 1. The van der Waals surface area contributed by atoms with Crippen molar-refractivity contribution < 1.29 is 37.2 Å². The molecule has 0 saturated carbocycles. The molecule has 0 aromatic heterocycles. The molecule has 0 aliphatic carbocycles. The molecule has 1 saturated heterocycles. The topological polar surface area (TPSA) is 101 Å². The van der Waals surface area contributed by atoms with Crippen molar-refractivity contribution >= 4 is 29.2 Å². The number of alkyl halides is 3. The number of hydrogen-bond acceptors (Lipinski definition) is 4. The maximum atomic E-state index is 13.5. The summed E-state index contributed by atoms with van der Waals surface area (Å²) in [4.78, 5) is 34.0. The zero-order chi connectivity index (χ0) is 19.8. The van der Waals surface area contributed by atoms with Crippen LogP contribution < -0.4 is 0 Å². The Morgan fingerprint density at radius 2 is 1.96 bits per heavy atom. The SMILES string of the molecule is O=C(O)[C@@H]1CN(C(=O)Cc2cc(F)c(Cl)cc2[N+](=O)[O-])C[C@H]1C(F)(F)F. The number of nitrogens with zero attached hydrogens (tertiary/aromatic N) is 2. The van der Waals surface area contributed by atoms with Gasteiger partial charge in [-0.3, -0.25) is 19.7 Å². The zero-order valence-corrected chi connectivity index (χ0v) is 13.6. The Bertz CT molecular complexity index is 770. The van der Waals surface area contributed by atoms with Crippen molar-refractivity contribution in [3.63, 3.8) is 0 Å². The molecule has 12 heteroatoms. The van der Waals surface area contributed by atoms with Gasteiger partial charge in [-0.25, -0.2) is 4.39 Å². The van der Waals surface area contributed by atoms with Crippen LogP contribution in [-0.4, -0.2) is 46.1 Å². The van der Waals surface area contributed by atoms with Crippen LogP contribution in [0.5, 0.6) is 0 Å². The summed E-state index contributed by atoms with van der Waals surface area (Å²) >= 11 is 5.45. The molecule has 0 unspecified atom stereocenters. The first-order valence-corrected chi connectivity index (χ1v) is 7.49. The second-order valence-corrected chi connectivity index (χ2v) is 6.13. The number of nitro groups is 1. The molecule has 1 amide bonds. The fourth-order valence-corrected chi connectivity index (χ4v) is 2.91. The Morgan fingerprint density at radius 3 is 2.42 bits per heavy atom. The van der Waals surface area contributed by atoms with Crippen molar-refractivity contribution in [2.24, 2.45) is 11.8 Å². The molecule has 7 nitrogen and oxygen atoms in total. The molecule has 0 spiro atoms. The lowest BCUT2D eigenvalue weighted by Gasteiger charge is -2.18. The van der Waals surface area contributed by atoms with E-state index in [-0.39, 0.29) is 5.56 Å². The Balaban J connectivity index is 2.25. The van der Waals surface area contributed by atoms with Gasteiger partial charge >= 0.3 is 12.1 Å². The predicted octanol–water partition coefficient (Wildman–Crippen LogP) is 2.65. The number of rotatable bonds is 4. The second kappa shape index (κ2) is 7.06. The number of carbonyl (C=O) groups is 2. The standard InChI is InChI=1S/C14H11ClF4N2O5/c15-9-3-11(21(25)26)6(1-10(9)16)2-12(22)20-4-7(13(23)24)8(5-20)14(17,18)19/h1,3,7-8H,2,4-5H2,(H,23,24)/t7-,8-/m1/s1. The fourth-order valence-electron chi connectivity index (χ4n) is 2.75. The molecule has 1 N–H and O–H groups in total. The average Bonchev–Trinajstić information content (AvgIpc) is 2.96. The van der Waals surface area contributed by atoms with E-state index in [1.54, 1.807) is 0 Å². The fraction of sp³-hybridized carbons (Fsp3) is 0.429. The van der Waals surface area contributed by atoms with Crippen LogP contribution in [0.4, 0.5) is 23.2 Å². The number of hydrogen-bond donors (Lipinski definition) is 1. The zero-order valence-electron chi connectivity index (χ0n) is 12.8. The van der Waals surface area contributed by atoms with E-state index in [0.717, 1.165) is 0 Å². The van der Waals surface area contributed by atoms with E-state index < -0.39 is 70.8 Å². The summed E-state index contributed by atoms with van der Waals surface area (Å²) in [5.41, 5.74) is -1.03. The highest BCUT2D eigenvalue weighted by Gasteiger charge is 2.53. The quantitative estimate of drug-likeness (QED) is 0.477. The molecule has 0 bridgehead atoms. The Morgan fingerprint density at radius 1 is 1.35 bits per heavy atom. The van der Waals surface area contributed by atoms with Gasteiger partial charge < -0.3 is 10.0 Å². The van der Waals surface area contributed by atoms with Crippen LogP contribution in [0.1, 0.15) is 5.56 Å². The summed E-state index contributed by atoms with van der Waals surface area (Å²) in [5.74, 6) is -7.80. The van der Waals surface area contributed by atoms with Gasteiger partial charge in [0.15, 0.2) is 0 Å². The third-order valence-corrected chi connectivity index (χ3v) is 4.36. The maximum Gasteiger partial charge on any atom is 0.394 e. The molecule has 1 heterocycles. The minimum Gasteiger partial charge on any atom is -0.481 e. The second-order valence-electron chi connectivity index (χ2n) is 5.72. The molecule has 1 aromatic carbocycles. The number of carbonyl (C=O) groups excluding carboxylic acids is 1. The molecule has 142 valence electrons. The lowest BCUT2D eigenvalue weighted by atomic mass is 9.96. The normalized spacial score (nSPS) is 20.3. The summed E-state index contributed by atoms with van der Waals surface area (Å²) in [5, 5.41) is 19.4. The first-order valence-electron chi connectivity index (χ1n) is 7.11. The molecular weight excluding hydrogens is 388 g/mol. The monoisotopic (exact) mass is 398 g/mol. The van der Waals surface area contributed by atoms with Crippen LogP contribution in [-0.2, 0) is 16.0 Å². The molecular formula is C14H11ClF4N2O5. The first kappa shape index (κ1) is 19.9. The summed E-state index contributed by atoms with van der Waals surface area (Å²) < 4.78 is 52.4. The first-order chi connectivity index (χ1) is 11.9. The smallest absolute Gasteiger partial charge is 0.394 e. The Labute approximate surface area is 148 Å². The van der Waals surface area contributed by atoms with Gasteiger partial charge in [0.1, 0.15) is 5.82 Å². The van der Waals surface area contributed by atoms with E-state index in [0.29, 0.717) is 17.0 Å². The number of carboxylic acid groups (broad SMARTS) is 1. The van der Waals surface area contributed by atoms with E-state index >= 15 is 0 Å². The lowest BCUT2D eigenvalue weighted by molar-refractivity contribution is -0.385. The highest BCUT2D eigenvalue weighted by molar-refractivity contribution is 6.31. The van der Waals surface area contributed by atoms with Crippen molar-refractivity contribution in [3.05, 3.63) is 38.7 Å². The number of amides is 1. The van der Waals surface area contributed by atoms with Crippen molar-refractivity contribution in [1.82, 2.24) is 4.90 Å². The van der Waals surface area contributed by atoms with E-state index in [1.165, 1.54) is 0 Å². The van der Waals surface area contributed by atoms with Crippen molar-refractivity contribution in [1.29, 1.82) is 0 Å². The minimum absolute atomic E-state index is 0.371. The number of halogens is 5. The number of nitro benzene ring substituents is 1. The van der Waals surface area contributed by atoms with Gasteiger partial charge in [0.05, 0.1) is 28.2 Å². The highest BCUT2D eigenvalue weighted by Crippen LogP contribution is 2.38. The van der Waals surface area contributed by atoms with Gasteiger partial charge in [0.2, 0.25) is 5.91 Å². The van der Waals surface area contributed by atoms with E-state index in [9.17, 15) is 37.3 Å². The van der Waals surface area contributed by atoms with Crippen LogP contribution in [0.3, 0.4) is 0 Å². The number of aliphatic carboxylic acids is 1. The van der Waals surface area contributed by atoms with Crippen LogP contribution in [0, 0.1) is 27.8 Å². The summed E-state index contributed by atoms with van der Waals surface area (Å²) in [7, 11) is 0. The average molecular weight is 399 g/mol. The van der Waals surface area contributed by atoms with Crippen molar-refractivity contribution in [3.8, 4) is 0 Å². The molecule has 1 fully saturated rings. The highest BCUT2D eigenvalue weighted by atomic mass is 35.5. The van der Waals surface area contributed by atoms with Gasteiger partial charge in [-0.05, 0) is 6.07 Å². The number of benzene rings is 1. The van der Waals surface area contributed by atoms with Gasteiger partial charge in [0.25, 0.3) is 5.69 Å². The molecule has 2 rings (SSSR count). The third-order valence-electron chi connectivity index (χ3n) is 4.07. The molecule has 1 aliphatic heterocycles. The Kier molecular flexibility index (Phi) is 5.40. The van der Waals surface area contributed by atoms with Crippen molar-refractivity contribution in [2.45, 2.75) is 12.6 Å². The maximum absolute atomic E-state index is 13.5. The van der Waals surface area contributed by atoms with E-state index in [4.69, 9.17) is 16.7 Å². The van der Waals surface area contributed by atoms with Crippen molar-refractivity contribution in [2.75, 3.05) is 13.1 Å². The van der Waals surface area contributed by atoms with Gasteiger partial charge in [-0.1, -0.05) is 11.6 Å². The molecule has 2 atom stereocenters. The molecule has 26 heavy (non-hydrogen) atoms. The number of likely N-dealkylation sites (tertiary alicyclic amines) is 1. The summed E-state index contributed by atoms with van der Waals surface area (Å²) in [6.07, 6.45) is -5.59. The lowest BCUT2D eigenvalue weighted by Crippen LogP contribution is -2.34. The largest absolute Gasteiger partial charge is 0.481 e. The molecule has 0 radical (unpaired) electrons. The van der Waals surface area contributed by atoms with Gasteiger partial charge in [-0.2, -0.15) is 13.2 Å². The van der Waals surface area contributed by atoms with Gasteiger partial charge in [-0.15, -0.1) is 0 Å². The predicted molar refractivity (Wildman–Crippen MR) is 79.0 cm³/mol. The summed E-state index contributed by atoms with van der Waals surface area (Å²) in [6.45, 7) is -1.58. The van der Waals surface area contributed by atoms with Crippen LogP contribution in [0.2, 0.25) is 5.02 Å². The van der Waals surface area contributed by atoms with E-state index in [2.05, 4.69) is 0 Å². The molecule has 1 aliphatic rings. The molecule has 1 aromatic rings. The Hall–Kier alpha value is -2.43.